The van der Waals surface area contributed by atoms with E-state index in [1.165, 1.54) is 25.7 Å². The van der Waals surface area contributed by atoms with Crippen LogP contribution in [-0.4, -0.2) is 34.0 Å². The molecule has 0 bridgehead atoms. The van der Waals surface area contributed by atoms with Gasteiger partial charge in [-0.3, -0.25) is 4.79 Å². The topological polar surface area (TPSA) is 57.6 Å². The van der Waals surface area contributed by atoms with Gasteiger partial charge in [-0.2, -0.15) is 0 Å². The predicted octanol–water partition coefficient (Wildman–Crippen LogP) is 0.718. The van der Waals surface area contributed by atoms with Crippen LogP contribution in [0.2, 0.25) is 0 Å². The molecule has 1 amide bonds. The normalized spacial score (nSPS) is 11.0. The molecule has 0 radical (unpaired) electrons. The molecule has 0 aromatic rings. The van der Waals surface area contributed by atoms with Crippen molar-refractivity contribution in [1.29, 1.82) is 0 Å². The van der Waals surface area contributed by atoms with Crippen molar-refractivity contribution in [3.63, 3.8) is 0 Å². The first-order chi connectivity index (χ1) is 5.34. The summed E-state index contributed by atoms with van der Waals surface area (Å²) in [6.07, 6.45) is 0. The van der Waals surface area contributed by atoms with Crippen molar-refractivity contribution in [2.45, 2.75) is 33.2 Å². The average molecular weight is 173 g/mol. The van der Waals surface area contributed by atoms with Crippen LogP contribution in [0.25, 0.3) is 0 Å². The number of rotatable bonds is 3. The van der Waals surface area contributed by atoms with Crippen LogP contribution in [0.3, 0.4) is 0 Å². The maximum Gasteiger partial charge on any atom is 0.329 e. The van der Waals surface area contributed by atoms with Crippen LogP contribution < -0.4 is 0 Å². The largest absolute Gasteiger partial charge is 0.480 e. The van der Waals surface area contributed by atoms with E-state index >= 15 is 0 Å². The Labute approximate surface area is 72.2 Å². The van der Waals surface area contributed by atoms with Crippen LogP contribution in [0.5, 0.6) is 0 Å². The molecular formula is C8H15NO3. The molecule has 0 aromatic heterocycles. The number of hydrogen-bond donors (Lipinski definition) is 1. The minimum absolute atomic E-state index is 0.218. The lowest BCUT2D eigenvalue weighted by Crippen LogP contribution is -2.52. The Hall–Kier alpha value is -1.06. The summed E-state index contributed by atoms with van der Waals surface area (Å²) in [7, 11) is 0. The number of aliphatic carboxylic acids is 1. The Balaban J connectivity index is 4.71. The van der Waals surface area contributed by atoms with Gasteiger partial charge in [0.15, 0.2) is 0 Å². The van der Waals surface area contributed by atoms with Gasteiger partial charge in [-0.15, -0.1) is 0 Å². The molecule has 0 aliphatic heterocycles. The fraction of sp³-hybridized carbons (Fsp3) is 0.750. The molecule has 0 aliphatic carbocycles. The molecule has 0 unspecified atom stereocenters. The van der Waals surface area contributed by atoms with Gasteiger partial charge in [0.25, 0.3) is 0 Å². The highest BCUT2D eigenvalue weighted by Gasteiger charge is 2.35. The molecule has 0 spiro atoms. The monoisotopic (exact) mass is 173 g/mol. The predicted molar refractivity (Wildman–Crippen MR) is 44.8 cm³/mol. The van der Waals surface area contributed by atoms with Crippen molar-refractivity contribution in [2.75, 3.05) is 6.54 Å². The third kappa shape index (κ3) is 1.96. The Bertz CT molecular complexity index is 198. The summed E-state index contributed by atoms with van der Waals surface area (Å²) < 4.78 is 0. The number of hydrogen-bond acceptors (Lipinski definition) is 2. The molecule has 0 fully saturated rings. The van der Waals surface area contributed by atoms with Crippen LogP contribution in [-0.2, 0) is 9.59 Å². The number of carbonyl (C=O) groups is 2. The number of likely N-dealkylation sites (N-methyl/N-ethyl adjacent to an activating group) is 1. The van der Waals surface area contributed by atoms with Crippen LogP contribution >= 0.6 is 0 Å². The first-order valence-corrected chi connectivity index (χ1v) is 3.85. The Kier molecular flexibility index (Phi) is 3.24. The Morgan fingerprint density at radius 2 is 1.83 bits per heavy atom. The summed E-state index contributed by atoms with van der Waals surface area (Å²) in [6.45, 7) is 6.56. The lowest BCUT2D eigenvalue weighted by Gasteiger charge is -2.33. The van der Waals surface area contributed by atoms with Gasteiger partial charge < -0.3 is 10.0 Å². The van der Waals surface area contributed by atoms with E-state index in [2.05, 4.69) is 0 Å². The lowest BCUT2D eigenvalue weighted by atomic mass is 10.0. The van der Waals surface area contributed by atoms with Crippen molar-refractivity contribution in [1.82, 2.24) is 4.90 Å². The van der Waals surface area contributed by atoms with E-state index in [1.54, 1.807) is 6.92 Å². The van der Waals surface area contributed by atoms with Gasteiger partial charge in [0.2, 0.25) is 5.91 Å². The summed E-state index contributed by atoms with van der Waals surface area (Å²) >= 11 is 0. The van der Waals surface area contributed by atoms with E-state index < -0.39 is 11.5 Å². The van der Waals surface area contributed by atoms with E-state index in [9.17, 15) is 9.59 Å². The third-order valence-electron chi connectivity index (χ3n) is 1.89. The minimum Gasteiger partial charge on any atom is -0.480 e. The van der Waals surface area contributed by atoms with Gasteiger partial charge in [-0.1, -0.05) is 0 Å². The highest BCUT2D eigenvalue weighted by Crippen LogP contribution is 2.14. The molecule has 12 heavy (non-hydrogen) atoms. The molecule has 0 saturated carbocycles. The highest BCUT2D eigenvalue weighted by atomic mass is 16.4. The lowest BCUT2D eigenvalue weighted by molar-refractivity contribution is -0.155. The standard InChI is InChI=1S/C8H15NO3/c1-5-9(6(2)10)8(3,4)7(11)12/h5H2,1-4H3,(H,11,12). The zero-order valence-corrected chi connectivity index (χ0v) is 7.92. The number of amides is 1. The molecule has 70 valence electrons. The summed E-state index contributed by atoms with van der Waals surface area (Å²) in [5, 5.41) is 8.80. The molecular weight excluding hydrogens is 158 g/mol. The fourth-order valence-corrected chi connectivity index (χ4v) is 1.13. The zero-order chi connectivity index (χ0) is 9.94. The molecule has 0 heterocycles. The smallest absolute Gasteiger partial charge is 0.329 e. The quantitative estimate of drug-likeness (QED) is 0.684. The highest BCUT2D eigenvalue weighted by molar-refractivity contribution is 5.85. The second kappa shape index (κ2) is 3.56. The fourth-order valence-electron chi connectivity index (χ4n) is 1.13. The minimum atomic E-state index is -1.11. The molecule has 4 heteroatoms. The average Bonchev–Trinajstić information content (AvgIpc) is 1.86. The number of carboxylic acid groups (broad SMARTS) is 1. The van der Waals surface area contributed by atoms with Gasteiger partial charge in [-0.05, 0) is 20.8 Å². The van der Waals surface area contributed by atoms with E-state index in [4.69, 9.17) is 5.11 Å². The van der Waals surface area contributed by atoms with E-state index in [-0.39, 0.29) is 5.91 Å². The van der Waals surface area contributed by atoms with Crippen LogP contribution in [0.15, 0.2) is 0 Å². The summed E-state index contributed by atoms with van der Waals surface area (Å²) in [5.41, 5.74) is -1.11. The second-order valence-corrected chi connectivity index (χ2v) is 3.13. The van der Waals surface area contributed by atoms with Crippen molar-refractivity contribution >= 4 is 11.9 Å². The first-order valence-electron chi connectivity index (χ1n) is 3.85. The number of carboxylic acids is 1. The summed E-state index contributed by atoms with van der Waals surface area (Å²) in [6, 6.07) is 0. The zero-order valence-electron chi connectivity index (χ0n) is 7.92. The maximum absolute atomic E-state index is 11.0. The Morgan fingerprint density at radius 1 is 1.42 bits per heavy atom. The SMILES string of the molecule is CCN(C(C)=O)C(C)(C)C(=O)O. The van der Waals surface area contributed by atoms with Gasteiger partial charge in [0.05, 0.1) is 0 Å². The third-order valence-corrected chi connectivity index (χ3v) is 1.89. The maximum atomic E-state index is 11.0. The van der Waals surface area contributed by atoms with Gasteiger partial charge in [-0.25, -0.2) is 4.79 Å². The molecule has 0 saturated heterocycles. The van der Waals surface area contributed by atoms with Crippen molar-refractivity contribution in [3.05, 3.63) is 0 Å². The molecule has 1 N–H and O–H groups in total. The van der Waals surface area contributed by atoms with E-state index in [1.807, 2.05) is 0 Å². The first kappa shape index (κ1) is 10.9. The van der Waals surface area contributed by atoms with E-state index in [0.29, 0.717) is 6.54 Å². The van der Waals surface area contributed by atoms with Crippen molar-refractivity contribution in [2.24, 2.45) is 0 Å². The van der Waals surface area contributed by atoms with Gasteiger partial charge >= 0.3 is 5.97 Å². The van der Waals surface area contributed by atoms with Crippen LogP contribution in [0.4, 0.5) is 0 Å². The van der Waals surface area contributed by atoms with Gasteiger partial charge in [0, 0.05) is 13.5 Å². The van der Waals surface area contributed by atoms with Crippen LogP contribution in [0.1, 0.15) is 27.7 Å². The number of carbonyl (C=O) groups excluding carboxylic acids is 1. The van der Waals surface area contributed by atoms with Crippen molar-refractivity contribution in [3.8, 4) is 0 Å². The van der Waals surface area contributed by atoms with Gasteiger partial charge in [0.1, 0.15) is 5.54 Å². The van der Waals surface area contributed by atoms with Crippen LogP contribution in [0, 0.1) is 0 Å². The summed E-state index contributed by atoms with van der Waals surface area (Å²) in [4.78, 5) is 23.0. The molecule has 0 rings (SSSR count). The second-order valence-electron chi connectivity index (χ2n) is 3.13. The summed E-state index contributed by atoms with van der Waals surface area (Å²) in [5.74, 6) is -1.20. The molecule has 0 atom stereocenters. The Morgan fingerprint density at radius 3 is 1.92 bits per heavy atom. The molecule has 4 nitrogen and oxygen atoms in total. The molecule has 0 aliphatic rings. The molecule has 0 aromatic carbocycles. The van der Waals surface area contributed by atoms with Crippen molar-refractivity contribution < 1.29 is 14.7 Å². The number of nitrogens with zero attached hydrogens (tertiary/aromatic N) is 1. The van der Waals surface area contributed by atoms with E-state index in [0.717, 1.165) is 0 Å².